The van der Waals surface area contributed by atoms with Gasteiger partial charge in [-0.2, -0.15) is 5.26 Å². The summed E-state index contributed by atoms with van der Waals surface area (Å²) in [7, 11) is 3.39. The molecular weight excluding hydrogens is 258 g/mol. The maximum atomic E-state index is 11.6. The molecule has 108 valence electrons. The number of benzene rings is 1. The maximum Gasteiger partial charge on any atom is 0.257 e. The Morgan fingerprint density at radius 1 is 1.45 bits per heavy atom. The highest BCUT2D eigenvalue weighted by molar-refractivity contribution is 5.77. The zero-order valence-corrected chi connectivity index (χ0v) is 11.7. The standard InChI is InChI=1S/C14H19N3O3/c1-16-9-11-5-3-6-12(19-2)14(11)20-10-13(18)17-8-4-7-15/h3,5-6,16H,4,8-10H2,1-2H3,(H,17,18). The first kappa shape index (κ1) is 15.8. The molecule has 0 unspecified atom stereocenters. The molecule has 0 saturated heterocycles. The first-order valence-corrected chi connectivity index (χ1v) is 6.29. The number of para-hydroxylation sites is 1. The van der Waals surface area contributed by atoms with E-state index in [1.165, 1.54) is 0 Å². The number of hydrogen-bond acceptors (Lipinski definition) is 5. The van der Waals surface area contributed by atoms with Crippen LogP contribution in [0.3, 0.4) is 0 Å². The molecule has 6 nitrogen and oxygen atoms in total. The summed E-state index contributed by atoms with van der Waals surface area (Å²) in [5.74, 6) is 0.879. The van der Waals surface area contributed by atoms with Crippen LogP contribution in [0.1, 0.15) is 12.0 Å². The van der Waals surface area contributed by atoms with Crippen LogP contribution in [0.5, 0.6) is 11.5 Å². The lowest BCUT2D eigenvalue weighted by Gasteiger charge is -2.14. The minimum Gasteiger partial charge on any atom is -0.493 e. The molecule has 0 aliphatic heterocycles. The van der Waals surface area contributed by atoms with Gasteiger partial charge in [0.05, 0.1) is 19.6 Å². The van der Waals surface area contributed by atoms with E-state index < -0.39 is 0 Å². The third kappa shape index (κ3) is 4.78. The second kappa shape index (κ2) is 8.77. The predicted molar refractivity (Wildman–Crippen MR) is 74.5 cm³/mol. The lowest BCUT2D eigenvalue weighted by molar-refractivity contribution is -0.123. The minimum absolute atomic E-state index is 0.109. The van der Waals surface area contributed by atoms with Gasteiger partial charge in [-0.25, -0.2) is 0 Å². The Balaban J connectivity index is 2.66. The van der Waals surface area contributed by atoms with Crippen molar-refractivity contribution in [3.63, 3.8) is 0 Å². The van der Waals surface area contributed by atoms with Crippen molar-refractivity contribution in [3.8, 4) is 17.6 Å². The smallest absolute Gasteiger partial charge is 0.257 e. The molecule has 1 rings (SSSR count). The van der Waals surface area contributed by atoms with E-state index in [1.54, 1.807) is 13.2 Å². The molecule has 1 amide bonds. The predicted octanol–water partition coefficient (Wildman–Crippen LogP) is 0.823. The number of nitrogens with one attached hydrogen (secondary N) is 2. The number of hydrogen-bond donors (Lipinski definition) is 2. The summed E-state index contributed by atoms with van der Waals surface area (Å²) >= 11 is 0. The fraction of sp³-hybridized carbons (Fsp3) is 0.429. The number of carbonyl (C=O) groups is 1. The molecule has 0 fully saturated rings. The number of amides is 1. The van der Waals surface area contributed by atoms with E-state index in [1.807, 2.05) is 25.2 Å². The molecule has 0 bridgehead atoms. The van der Waals surface area contributed by atoms with Crippen molar-refractivity contribution in [2.24, 2.45) is 0 Å². The van der Waals surface area contributed by atoms with Gasteiger partial charge >= 0.3 is 0 Å². The van der Waals surface area contributed by atoms with Crippen LogP contribution in [-0.2, 0) is 11.3 Å². The van der Waals surface area contributed by atoms with Crippen LogP contribution in [0.15, 0.2) is 18.2 Å². The van der Waals surface area contributed by atoms with Crippen LogP contribution in [0.4, 0.5) is 0 Å². The fourth-order valence-electron chi connectivity index (χ4n) is 1.66. The summed E-state index contributed by atoms with van der Waals surface area (Å²) in [6.07, 6.45) is 0.283. The summed E-state index contributed by atoms with van der Waals surface area (Å²) in [6.45, 7) is 0.832. The molecule has 0 aliphatic rings. The Labute approximate surface area is 118 Å². The summed E-state index contributed by atoms with van der Waals surface area (Å²) in [5.41, 5.74) is 0.914. The fourth-order valence-corrected chi connectivity index (χ4v) is 1.66. The van der Waals surface area contributed by atoms with Gasteiger partial charge in [-0.15, -0.1) is 0 Å². The molecule has 2 N–H and O–H groups in total. The van der Waals surface area contributed by atoms with Crippen LogP contribution >= 0.6 is 0 Å². The van der Waals surface area contributed by atoms with Crippen molar-refractivity contribution in [2.75, 3.05) is 27.3 Å². The van der Waals surface area contributed by atoms with E-state index in [0.29, 0.717) is 24.6 Å². The first-order valence-electron chi connectivity index (χ1n) is 6.29. The molecule has 0 atom stereocenters. The number of nitriles is 1. The summed E-state index contributed by atoms with van der Waals surface area (Å²) in [6, 6.07) is 7.51. The number of nitrogens with zero attached hydrogens (tertiary/aromatic N) is 1. The Morgan fingerprint density at radius 3 is 2.90 bits per heavy atom. The molecule has 0 radical (unpaired) electrons. The van der Waals surface area contributed by atoms with Gasteiger partial charge in [0, 0.05) is 18.7 Å². The van der Waals surface area contributed by atoms with E-state index in [0.717, 1.165) is 5.56 Å². The van der Waals surface area contributed by atoms with Crippen LogP contribution in [0.2, 0.25) is 0 Å². The molecule has 1 aromatic rings. The lowest BCUT2D eigenvalue weighted by Crippen LogP contribution is -2.29. The first-order chi connectivity index (χ1) is 9.72. The normalized spacial score (nSPS) is 9.65. The third-order valence-electron chi connectivity index (χ3n) is 2.55. The topological polar surface area (TPSA) is 83.4 Å². The highest BCUT2D eigenvalue weighted by atomic mass is 16.5. The van der Waals surface area contributed by atoms with E-state index in [9.17, 15) is 4.79 Å². The van der Waals surface area contributed by atoms with Crippen LogP contribution in [0.25, 0.3) is 0 Å². The van der Waals surface area contributed by atoms with Gasteiger partial charge in [0.2, 0.25) is 0 Å². The zero-order valence-electron chi connectivity index (χ0n) is 11.7. The van der Waals surface area contributed by atoms with E-state index in [-0.39, 0.29) is 18.9 Å². The molecule has 0 aliphatic carbocycles. The van der Waals surface area contributed by atoms with E-state index in [2.05, 4.69) is 10.6 Å². The van der Waals surface area contributed by atoms with Crippen LogP contribution in [-0.4, -0.2) is 33.2 Å². The van der Waals surface area contributed by atoms with Gasteiger partial charge < -0.3 is 20.1 Å². The molecule has 0 aromatic heterocycles. The molecule has 0 spiro atoms. The summed E-state index contributed by atoms with van der Waals surface area (Å²) in [4.78, 5) is 11.6. The number of rotatable bonds is 8. The van der Waals surface area contributed by atoms with Crippen molar-refractivity contribution >= 4 is 5.91 Å². The van der Waals surface area contributed by atoms with Gasteiger partial charge in [0.15, 0.2) is 18.1 Å². The number of ether oxygens (including phenoxy) is 2. The van der Waals surface area contributed by atoms with Gasteiger partial charge in [0.25, 0.3) is 5.91 Å². The lowest BCUT2D eigenvalue weighted by atomic mass is 10.2. The second-order valence-corrected chi connectivity index (χ2v) is 4.03. The second-order valence-electron chi connectivity index (χ2n) is 4.03. The average molecular weight is 277 g/mol. The SMILES string of the molecule is CNCc1cccc(OC)c1OCC(=O)NCCC#N. The van der Waals surface area contributed by atoms with Gasteiger partial charge in [-0.05, 0) is 13.1 Å². The van der Waals surface area contributed by atoms with E-state index in [4.69, 9.17) is 14.7 Å². The summed E-state index contributed by atoms with van der Waals surface area (Å²) < 4.78 is 10.8. The number of methoxy groups -OCH3 is 1. The quantitative estimate of drug-likeness (QED) is 0.687. The molecule has 0 saturated carbocycles. The maximum absolute atomic E-state index is 11.6. The Bertz CT molecular complexity index is 483. The number of carbonyl (C=O) groups excluding carboxylic acids is 1. The van der Waals surface area contributed by atoms with Crippen molar-refractivity contribution in [2.45, 2.75) is 13.0 Å². The molecule has 6 heteroatoms. The Morgan fingerprint density at radius 2 is 2.25 bits per heavy atom. The zero-order chi connectivity index (χ0) is 14.8. The molecule has 1 aromatic carbocycles. The van der Waals surface area contributed by atoms with Crippen molar-refractivity contribution in [3.05, 3.63) is 23.8 Å². The minimum atomic E-state index is -0.262. The molecule has 20 heavy (non-hydrogen) atoms. The van der Waals surface area contributed by atoms with Gasteiger partial charge in [-0.3, -0.25) is 4.79 Å². The van der Waals surface area contributed by atoms with Crippen molar-refractivity contribution in [1.82, 2.24) is 10.6 Å². The summed E-state index contributed by atoms with van der Waals surface area (Å²) in [5, 5.41) is 14.0. The monoisotopic (exact) mass is 277 g/mol. The largest absolute Gasteiger partial charge is 0.493 e. The average Bonchev–Trinajstić information content (AvgIpc) is 2.46. The van der Waals surface area contributed by atoms with E-state index >= 15 is 0 Å². The van der Waals surface area contributed by atoms with Crippen molar-refractivity contribution in [1.29, 1.82) is 5.26 Å². The van der Waals surface area contributed by atoms with Crippen LogP contribution < -0.4 is 20.1 Å². The van der Waals surface area contributed by atoms with Crippen molar-refractivity contribution < 1.29 is 14.3 Å². The molecular formula is C14H19N3O3. The van der Waals surface area contributed by atoms with Crippen LogP contribution in [0, 0.1) is 11.3 Å². The third-order valence-corrected chi connectivity index (χ3v) is 2.55. The molecule has 0 heterocycles. The highest BCUT2D eigenvalue weighted by Gasteiger charge is 2.11. The highest BCUT2D eigenvalue weighted by Crippen LogP contribution is 2.30. The van der Waals surface area contributed by atoms with Gasteiger partial charge in [0.1, 0.15) is 0 Å². The Kier molecular flexibility index (Phi) is 6.93. The Hall–Kier alpha value is -2.26. The van der Waals surface area contributed by atoms with Gasteiger partial charge in [-0.1, -0.05) is 12.1 Å².